The predicted octanol–water partition coefficient (Wildman–Crippen LogP) is 6.10. The molecule has 4 heteroatoms. The van der Waals surface area contributed by atoms with Crippen molar-refractivity contribution >= 4 is 23.5 Å². The Hall–Kier alpha value is -3.04. The van der Waals surface area contributed by atoms with Gasteiger partial charge in [-0.1, -0.05) is 54.9 Å². The highest BCUT2D eigenvalue weighted by Gasteiger charge is 2.27. The minimum absolute atomic E-state index is 0.115. The van der Waals surface area contributed by atoms with Gasteiger partial charge in [0.2, 0.25) is 5.78 Å². The number of carbonyl (C=O) groups is 1. The molecule has 1 aliphatic heterocycles. The van der Waals surface area contributed by atoms with Crippen LogP contribution >= 0.6 is 11.6 Å². The number of allylic oxidation sites excluding steroid dienone is 1. The maximum atomic E-state index is 12.6. The summed E-state index contributed by atoms with van der Waals surface area (Å²) < 4.78 is 11.6. The van der Waals surface area contributed by atoms with E-state index >= 15 is 0 Å². The molecule has 1 aliphatic rings. The topological polar surface area (TPSA) is 35.5 Å². The summed E-state index contributed by atoms with van der Waals surface area (Å²) in [5, 5.41) is 0.672. The second kappa shape index (κ2) is 7.91. The Morgan fingerprint density at radius 3 is 2.57 bits per heavy atom. The van der Waals surface area contributed by atoms with Gasteiger partial charge in [-0.25, -0.2) is 0 Å². The normalized spacial score (nSPS) is 14.1. The minimum atomic E-state index is -0.115. The van der Waals surface area contributed by atoms with E-state index in [1.54, 1.807) is 24.3 Å². The van der Waals surface area contributed by atoms with Crippen LogP contribution in [0.15, 0.2) is 72.5 Å². The van der Waals surface area contributed by atoms with Crippen molar-refractivity contribution in [3.05, 3.63) is 99.8 Å². The zero-order valence-corrected chi connectivity index (χ0v) is 16.2. The molecule has 0 spiro atoms. The SMILES string of the molecule is CCc1ccc(/C=C2/Oc3cc(OCc4cccc(Cl)c4)ccc3C2=O)cc1. The second-order valence-corrected chi connectivity index (χ2v) is 7.05. The largest absolute Gasteiger partial charge is 0.489 e. The van der Waals surface area contributed by atoms with Gasteiger partial charge < -0.3 is 9.47 Å². The summed E-state index contributed by atoms with van der Waals surface area (Å²) in [6, 6.07) is 20.9. The lowest BCUT2D eigenvalue weighted by atomic mass is 10.1. The van der Waals surface area contributed by atoms with Crippen molar-refractivity contribution in [1.29, 1.82) is 0 Å². The molecule has 0 N–H and O–H groups in total. The Morgan fingerprint density at radius 1 is 1.00 bits per heavy atom. The molecule has 0 amide bonds. The molecule has 0 radical (unpaired) electrons. The average molecular weight is 391 g/mol. The quantitative estimate of drug-likeness (QED) is 0.494. The first-order valence-corrected chi connectivity index (χ1v) is 9.54. The minimum Gasteiger partial charge on any atom is -0.489 e. The van der Waals surface area contributed by atoms with Crippen molar-refractivity contribution in [3.63, 3.8) is 0 Å². The van der Waals surface area contributed by atoms with E-state index in [1.807, 2.05) is 36.4 Å². The van der Waals surface area contributed by atoms with E-state index in [0.717, 1.165) is 17.5 Å². The number of carbonyl (C=O) groups excluding carboxylic acids is 1. The molecule has 28 heavy (non-hydrogen) atoms. The van der Waals surface area contributed by atoms with Gasteiger partial charge in [0, 0.05) is 11.1 Å². The van der Waals surface area contributed by atoms with E-state index in [1.165, 1.54) is 5.56 Å². The first kappa shape index (κ1) is 18.3. The lowest BCUT2D eigenvalue weighted by Crippen LogP contribution is -1.98. The third-order valence-electron chi connectivity index (χ3n) is 4.62. The van der Waals surface area contributed by atoms with Crippen LogP contribution in [0.2, 0.25) is 5.02 Å². The number of rotatable bonds is 5. The third kappa shape index (κ3) is 3.95. The van der Waals surface area contributed by atoms with Crippen molar-refractivity contribution in [2.75, 3.05) is 0 Å². The van der Waals surface area contributed by atoms with Gasteiger partial charge in [0.25, 0.3) is 0 Å². The lowest BCUT2D eigenvalue weighted by molar-refractivity contribution is 0.101. The second-order valence-electron chi connectivity index (χ2n) is 6.61. The van der Waals surface area contributed by atoms with Crippen LogP contribution in [0, 0.1) is 0 Å². The highest BCUT2D eigenvalue weighted by Crippen LogP contribution is 2.35. The summed E-state index contributed by atoms with van der Waals surface area (Å²) in [5.41, 5.74) is 3.71. The van der Waals surface area contributed by atoms with Crippen LogP contribution in [0.25, 0.3) is 6.08 Å². The van der Waals surface area contributed by atoms with Crippen LogP contribution < -0.4 is 9.47 Å². The Labute approximate surface area is 169 Å². The van der Waals surface area contributed by atoms with E-state index in [-0.39, 0.29) is 5.78 Å². The molecule has 140 valence electrons. The molecule has 0 atom stereocenters. The van der Waals surface area contributed by atoms with Crippen molar-refractivity contribution in [3.8, 4) is 11.5 Å². The molecular weight excluding hydrogens is 372 g/mol. The molecule has 1 heterocycles. The number of hydrogen-bond acceptors (Lipinski definition) is 3. The van der Waals surface area contributed by atoms with E-state index in [9.17, 15) is 4.79 Å². The Kier molecular flexibility index (Phi) is 5.18. The van der Waals surface area contributed by atoms with Gasteiger partial charge in [-0.2, -0.15) is 0 Å². The average Bonchev–Trinajstić information content (AvgIpc) is 3.02. The third-order valence-corrected chi connectivity index (χ3v) is 4.86. The van der Waals surface area contributed by atoms with Crippen LogP contribution in [-0.4, -0.2) is 5.78 Å². The molecule has 0 saturated carbocycles. The smallest absolute Gasteiger partial charge is 0.231 e. The van der Waals surface area contributed by atoms with Crippen molar-refractivity contribution in [2.45, 2.75) is 20.0 Å². The van der Waals surface area contributed by atoms with Crippen LogP contribution in [0.5, 0.6) is 11.5 Å². The number of aryl methyl sites for hydroxylation is 1. The molecule has 0 fully saturated rings. The van der Waals surface area contributed by atoms with Gasteiger partial charge in [-0.3, -0.25) is 4.79 Å². The van der Waals surface area contributed by atoms with E-state index in [0.29, 0.717) is 34.5 Å². The number of benzene rings is 3. The fourth-order valence-electron chi connectivity index (χ4n) is 3.05. The number of ketones is 1. The maximum Gasteiger partial charge on any atom is 0.231 e. The van der Waals surface area contributed by atoms with E-state index < -0.39 is 0 Å². The van der Waals surface area contributed by atoms with Crippen LogP contribution in [0.3, 0.4) is 0 Å². The first-order valence-electron chi connectivity index (χ1n) is 9.17. The van der Waals surface area contributed by atoms with Gasteiger partial charge in [-0.05, 0) is 53.5 Å². The monoisotopic (exact) mass is 390 g/mol. The van der Waals surface area contributed by atoms with Gasteiger partial charge >= 0.3 is 0 Å². The molecule has 0 unspecified atom stereocenters. The van der Waals surface area contributed by atoms with Gasteiger partial charge in [-0.15, -0.1) is 0 Å². The Bertz CT molecular complexity index is 1050. The van der Waals surface area contributed by atoms with Gasteiger partial charge in [0.05, 0.1) is 5.56 Å². The highest BCUT2D eigenvalue weighted by molar-refractivity contribution is 6.30. The fraction of sp³-hybridized carbons (Fsp3) is 0.125. The summed E-state index contributed by atoms with van der Waals surface area (Å²) in [7, 11) is 0. The lowest BCUT2D eigenvalue weighted by Gasteiger charge is -2.07. The number of hydrogen-bond donors (Lipinski definition) is 0. The van der Waals surface area contributed by atoms with Gasteiger partial charge in [0.15, 0.2) is 5.76 Å². The zero-order chi connectivity index (χ0) is 19.5. The van der Waals surface area contributed by atoms with Gasteiger partial charge in [0.1, 0.15) is 18.1 Å². The number of ether oxygens (including phenoxy) is 2. The predicted molar refractivity (Wildman–Crippen MR) is 111 cm³/mol. The molecule has 0 aromatic heterocycles. The number of Topliss-reactive ketones (excluding diaryl/α,β-unsaturated/α-hetero) is 1. The standard InChI is InChI=1S/C24H19ClO3/c1-2-16-6-8-17(9-7-16)13-23-24(26)21-11-10-20(14-22(21)28-23)27-15-18-4-3-5-19(25)12-18/h3-14H,2,15H2,1H3/b23-13+. The molecule has 3 nitrogen and oxygen atoms in total. The summed E-state index contributed by atoms with van der Waals surface area (Å²) in [6.07, 6.45) is 2.75. The first-order chi connectivity index (χ1) is 13.6. The molecule has 3 aromatic rings. The zero-order valence-electron chi connectivity index (χ0n) is 15.4. The Morgan fingerprint density at radius 2 is 1.82 bits per heavy atom. The summed E-state index contributed by atoms with van der Waals surface area (Å²) in [5.74, 6) is 1.37. The molecular formula is C24H19ClO3. The highest BCUT2D eigenvalue weighted by atomic mass is 35.5. The molecule has 0 saturated heterocycles. The van der Waals surface area contributed by atoms with Crippen molar-refractivity contribution in [1.82, 2.24) is 0 Å². The van der Waals surface area contributed by atoms with Crippen molar-refractivity contribution < 1.29 is 14.3 Å². The molecule has 3 aromatic carbocycles. The summed E-state index contributed by atoms with van der Waals surface area (Å²) in [4.78, 5) is 12.6. The molecule has 0 aliphatic carbocycles. The number of halogens is 1. The number of fused-ring (bicyclic) bond motifs is 1. The summed E-state index contributed by atoms with van der Waals surface area (Å²) in [6.45, 7) is 2.50. The van der Waals surface area contributed by atoms with E-state index in [2.05, 4.69) is 19.1 Å². The van der Waals surface area contributed by atoms with Crippen molar-refractivity contribution in [2.24, 2.45) is 0 Å². The molecule has 0 bridgehead atoms. The maximum absolute atomic E-state index is 12.6. The molecule has 4 rings (SSSR count). The summed E-state index contributed by atoms with van der Waals surface area (Å²) >= 11 is 6.00. The fourth-order valence-corrected chi connectivity index (χ4v) is 3.26. The van der Waals surface area contributed by atoms with Crippen LogP contribution in [0.1, 0.15) is 34.0 Å². The van der Waals surface area contributed by atoms with Crippen LogP contribution in [0.4, 0.5) is 0 Å². The Balaban J connectivity index is 1.49. The van der Waals surface area contributed by atoms with E-state index in [4.69, 9.17) is 21.1 Å². The van der Waals surface area contributed by atoms with Crippen LogP contribution in [-0.2, 0) is 13.0 Å².